The van der Waals surface area contributed by atoms with Gasteiger partial charge in [0.2, 0.25) is 0 Å². The Bertz CT molecular complexity index is 1080. The van der Waals surface area contributed by atoms with Crippen LogP contribution in [0.3, 0.4) is 0 Å². The summed E-state index contributed by atoms with van der Waals surface area (Å²) in [6.07, 6.45) is 0.0221. The second-order valence-electron chi connectivity index (χ2n) is 7.99. The maximum atomic E-state index is 12.1. The first-order valence-electron chi connectivity index (χ1n) is 9.81. The third kappa shape index (κ3) is 4.79. The minimum absolute atomic E-state index is 0.140. The van der Waals surface area contributed by atoms with Crippen molar-refractivity contribution >= 4 is 21.5 Å². The smallest absolute Gasteiger partial charge is 0.264 e. The van der Waals surface area contributed by atoms with Crippen LogP contribution in [0.2, 0.25) is 0 Å². The number of sulfone groups is 1. The van der Waals surface area contributed by atoms with E-state index in [-0.39, 0.29) is 6.42 Å². The first-order valence-corrected chi connectivity index (χ1v) is 11.7. The number of nitrogens with one attached hydrogen (secondary N) is 1. The normalized spacial score (nSPS) is 19.1. The van der Waals surface area contributed by atoms with Crippen LogP contribution in [0, 0.1) is 0 Å². The molecule has 0 aliphatic carbocycles. The summed E-state index contributed by atoms with van der Waals surface area (Å²) in [5.41, 5.74) is 5.78. The summed E-state index contributed by atoms with van der Waals surface area (Å²) in [4.78, 5) is 17.4. The number of carbonyl (C=O) groups excluding carboxylic acids is 1. The highest BCUT2D eigenvalue weighted by Crippen LogP contribution is 2.30. The summed E-state index contributed by atoms with van der Waals surface area (Å²) < 4.78 is 22.5. The Balaban J connectivity index is 1.70. The zero-order chi connectivity index (χ0) is 22.8. The number of nitrogens with zero attached hydrogens (tertiary/aromatic N) is 1. The average Bonchev–Trinajstić information content (AvgIpc) is 3.20. The molecule has 31 heavy (non-hydrogen) atoms. The van der Waals surface area contributed by atoms with Crippen molar-refractivity contribution in [1.29, 1.82) is 0 Å². The van der Waals surface area contributed by atoms with Gasteiger partial charge < -0.3 is 9.94 Å². The van der Waals surface area contributed by atoms with E-state index in [1.807, 2.05) is 48.5 Å². The highest BCUT2D eigenvalue weighted by molar-refractivity contribution is 7.92. The lowest BCUT2D eigenvalue weighted by Crippen LogP contribution is -2.51. The molecule has 1 heterocycles. The van der Waals surface area contributed by atoms with Crippen LogP contribution in [0.25, 0.3) is 11.1 Å². The highest BCUT2D eigenvalue weighted by Gasteiger charge is 2.47. The quantitative estimate of drug-likeness (QED) is 0.443. The van der Waals surface area contributed by atoms with E-state index in [0.717, 1.165) is 28.5 Å². The van der Waals surface area contributed by atoms with E-state index in [4.69, 9.17) is 10.0 Å². The molecule has 3 atom stereocenters. The van der Waals surface area contributed by atoms with E-state index < -0.39 is 32.7 Å². The fraction of sp³-hybridized carbons (Fsp3) is 0.364. The Morgan fingerprint density at radius 3 is 2.16 bits per heavy atom. The Morgan fingerprint density at radius 1 is 1.16 bits per heavy atom. The van der Waals surface area contributed by atoms with Crippen molar-refractivity contribution in [2.45, 2.75) is 43.6 Å². The highest BCUT2D eigenvalue weighted by atomic mass is 32.2. The molecule has 2 aromatic carbocycles. The molecule has 0 saturated carbocycles. The third-order valence-electron chi connectivity index (χ3n) is 5.69. The second kappa shape index (κ2) is 8.78. The zero-order valence-corrected chi connectivity index (χ0v) is 18.4. The van der Waals surface area contributed by atoms with Gasteiger partial charge in [-0.15, -0.1) is 0 Å². The van der Waals surface area contributed by atoms with E-state index in [1.165, 1.54) is 12.4 Å². The molecule has 3 N–H and O–H groups in total. The summed E-state index contributed by atoms with van der Waals surface area (Å²) >= 11 is 0. The molecule has 1 aliphatic rings. The predicted molar refractivity (Wildman–Crippen MR) is 116 cm³/mol. The number of oxime groups is 1. The van der Waals surface area contributed by atoms with Gasteiger partial charge in [0.1, 0.15) is 6.10 Å². The van der Waals surface area contributed by atoms with Crippen molar-refractivity contribution in [3.05, 3.63) is 59.7 Å². The number of amides is 1. The number of benzene rings is 2. The molecule has 166 valence electrons. The maximum absolute atomic E-state index is 12.1. The molecule has 0 saturated heterocycles. The van der Waals surface area contributed by atoms with Gasteiger partial charge in [0.15, 0.2) is 14.6 Å². The minimum atomic E-state index is -3.81. The Kier molecular flexibility index (Phi) is 6.49. The average molecular weight is 447 g/mol. The SMILES string of the molecule is C[C@@H](O)c1ccc(-c2ccc(C3=NOC(CC(C)(C(=O)NO)S(C)(=O)=O)C3)cc2)cc1. The number of aliphatic hydroxyl groups is 1. The van der Waals surface area contributed by atoms with Gasteiger partial charge in [-0.05, 0) is 36.1 Å². The molecular formula is C22H26N2O6S. The van der Waals surface area contributed by atoms with Gasteiger partial charge in [-0.3, -0.25) is 10.0 Å². The van der Waals surface area contributed by atoms with Crippen LogP contribution in [-0.2, 0) is 19.5 Å². The molecule has 2 unspecified atom stereocenters. The number of rotatable bonds is 7. The van der Waals surface area contributed by atoms with Crippen LogP contribution in [0.1, 0.15) is 43.9 Å². The van der Waals surface area contributed by atoms with E-state index in [1.54, 1.807) is 6.92 Å². The molecular weight excluding hydrogens is 420 g/mol. The molecule has 8 nitrogen and oxygen atoms in total. The molecule has 9 heteroatoms. The van der Waals surface area contributed by atoms with E-state index in [9.17, 15) is 18.3 Å². The van der Waals surface area contributed by atoms with Gasteiger partial charge in [-0.25, -0.2) is 13.9 Å². The number of carbonyl (C=O) groups is 1. The lowest BCUT2D eigenvalue weighted by atomic mass is 9.95. The van der Waals surface area contributed by atoms with Crippen LogP contribution in [-0.4, -0.2) is 47.5 Å². The molecule has 0 spiro atoms. The Morgan fingerprint density at radius 2 is 1.68 bits per heavy atom. The molecule has 3 rings (SSSR count). The van der Waals surface area contributed by atoms with Crippen LogP contribution in [0.5, 0.6) is 0 Å². The molecule has 1 aliphatic heterocycles. The molecule has 0 aromatic heterocycles. The summed E-state index contributed by atoms with van der Waals surface area (Å²) in [6, 6.07) is 15.4. The van der Waals surface area contributed by atoms with Gasteiger partial charge >= 0.3 is 0 Å². The fourth-order valence-corrected chi connectivity index (χ4v) is 4.35. The largest absolute Gasteiger partial charge is 0.392 e. The zero-order valence-electron chi connectivity index (χ0n) is 17.6. The van der Waals surface area contributed by atoms with Gasteiger partial charge in [-0.2, -0.15) is 0 Å². The molecule has 1 amide bonds. The molecule has 0 bridgehead atoms. The van der Waals surface area contributed by atoms with Gasteiger partial charge in [0, 0.05) is 19.1 Å². The predicted octanol–water partition coefficient (Wildman–Crippen LogP) is 2.60. The summed E-state index contributed by atoms with van der Waals surface area (Å²) in [5.74, 6) is -1.00. The van der Waals surface area contributed by atoms with Gasteiger partial charge in [0.05, 0.1) is 11.8 Å². The molecule has 0 fully saturated rings. The van der Waals surface area contributed by atoms with E-state index in [2.05, 4.69) is 5.16 Å². The lowest BCUT2D eigenvalue weighted by Gasteiger charge is -2.26. The third-order valence-corrected chi connectivity index (χ3v) is 7.68. The number of aliphatic hydroxyl groups excluding tert-OH is 1. The monoisotopic (exact) mass is 446 g/mol. The van der Waals surface area contributed by atoms with Crippen molar-refractivity contribution in [3.8, 4) is 11.1 Å². The van der Waals surface area contributed by atoms with Crippen LogP contribution < -0.4 is 5.48 Å². The van der Waals surface area contributed by atoms with Crippen LogP contribution in [0.4, 0.5) is 0 Å². The Labute approximate surface area is 181 Å². The molecule has 0 radical (unpaired) electrons. The summed E-state index contributed by atoms with van der Waals surface area (Å²) in [5, 5.41) is 22.7. The number of hydroxylamine groups is 1. The van der Waals surface area contributed by atoms with Crippen molar-refractivity contribution in [2.24, 2.45) is 5.16 Å². The van der Waals surface area contributed by atoms with Crippen molar-refractivity contribution in [3.63, 3.8) is 0 Å². The van der Waals surface area contributed by atoms with E-state index in [0.29, 0.717) is 12.1 Å². The van der Waals surface area contributed by atoms with Crippen molar-refractivity contribution in [1.82, 2.24) is 5.48 Å². The number of hydrogen-bond acceptors (Lipinski definition) is 7. The van der Waals surface area contributed by atoms with Crippen LogP contribution in [0.15, 0.2) is 53.7 Å². The first-order chi connectivity index (χ1) is 14.5. The topological polar surface area (TPSA) is 125 Å². The summed E-state index contributed by atoms with van der Waals surface area (Å²) in [6.45, 7) is 2.98. The Hall–Kier alpha value is -2.75. The first kappa shape index (κ1) is 22.9. The fourth-order valence-electron chi connectivity index (χ4n) is 3.48. The minimum Gasteiger partial charge on any atom is -0.392 e. The summed E-state index contributed by atoms with van der Waals surface area (Å²) in [7, 11) is -3.81. The van der Waals surface area contributed by atoms with Crippen LogP contribution >= 0.6 is 0 Å². The standard InChI is InChI=1S/C22H26N2O6S/c1-14(25)15-4-6-16(7-5-15)17-8-10-18(11-9-17)20-12-19(30-24-20)13-22(2,21(26)23-27)31(3,28)29/h4-11,14,19,25,27H,12-13H2,1-3H3,(H,23,26)/t14-,19?,22?/m1/s1. The van der Waals surface area contributed by atoms with Gasteiger partial charge in [-0.1, -0.05) is 53.7 Å². The van der Waals surface area contributed by atoms with Crippen molar-refractivity contribution in [2.75, 3.05) is 6.26 Å². The molecule has 2 aromatic rings. The van der Waals surface area contributed by atoms with Crippen molar-refractivity contribution < 1.29 is 28.4 Å². The van der Waals surface area contributed by atoms with E-state index >= 15 is 0 Å². The van der Waals surface area contributed by atoms with Gasteiger partial charge in [0.25, 0.3) is 5.91 Å². The number of hydrogen-bond donors (Lipinski definition) is 3. The second-order valence-corrected chi connectivity index (χ2v) is 10.4. The lowest BCUT2D eigenvalue weighted by molar-refractivity contribution is -0.132. The maximum Gasteiger partial charge on any atom is 0.264 e.